The molecule has 3 heterocycles. The summed E-state index contributed by atoms with van der Waals surface area (Å²) >= 11 is 0. The molecule has 4 heteroatoms. The summed E-state index contributed by atoms with van der Waals surface area (Å²) in [5.41, 5.74) is 0.102. The number of aliphatic hydroxyl groups excluding tert-OH is 1. The van der Waals surface area contributed by atoms with Crippen LogP contribution in [0, 0.1) is 0 Å². The first-order valence-corrected chi connectivity index (χ1v) is 8.41. The molecule has 3 aliphatic rings. The summed E-state index contributed by atoms with van der Waals surface area (Å²) in [5.74, 6) is 0. The van der Waals surface area contributed by atoms with Crippen molar-refractivity contribution < 1.29 is 14.6 Å². The Hall–Kier alpha value is -0.160. The van der Waals surface area contributed by atoms with Crippen LogP contribution in [0.15, 0.2) is 0 Å². The summed E-state index contributed by atoms with van der Waals surface area (Å²) in [5, 5.41) is 9.07. The monoisotopic (exact) mass is 283 g/mol. The SMILES string of the molecule is OCCCC1CCCN1C1CCOC2(CCOCC2)C1. The molecular formula is C16H29NO3. The minimum Gasteiger partial charge on any atom is -0.396 e. The van der Waals surface area contributed by atoms with Crippen LogP contribution in [-0.4, -0.2) is 60.7 Å². The highest BCUT2D eigenvalue weighted by Crippen LogP contribution is 2.38. The molecule has 0 radical (unpaired) electrons. The third-order valence-electron chi connectivity index (χ3n) is 5.46. The largest absolute Gasteiger partial charge is 0.396 e. The van der Waals surface area contributed by atoms with E-state index in [1.54, 1.807) is 0 Å². The minimum atomic E-state index is 0.102. The molecule has 2 atom stereocenters. The number of likely N-dealkylation sites (tertiary alicyclic amines) is 1. The molecule has 0 aromatic rings. The lowest BCUT2D eigenvalue weighted by atomic mass is 9.83. The third kappa shape index (κ3) is 3.19. The molecule has 0 saturated carbocycles. The Labute approximate surface area is 122 Å². The molecule has 0 bridgehead atoms. The van der Waals surface area contributed by atoms with Gasteiger partial charge in [0.2, 0.25) is 0 Å². The fourth-order valence-electron chi connectivity index (χ4n) is 4.35. The molecule has 4 nitrogen and oxygen atoms in total. The van der Waals surface area contributed by atoms with Crippen molar-refractivity contribution in [2.45, 2.75) is 69.1 Å². The van der Waals surface area contributed by atoms with Crippen LogP contribution in [-0.2, 0) is 9.47 Å². The lowest BCUT2D eigenvalue weighted by Crippen LogP contribution is -2.52. The van der Waals surface area contributed by atoms with Crippen molar-refractivity contribution in [1.29, 1.82) is 0 Å². The van der Waals surface area contributed by atoms with Gasteiger partial charge in [-0.2, -0.15) is 0 Å². The predicted octanol–water partition coefficient (Wildman–Crippen LogP) is 1.95. The van der Waals surface area contributed by atoms with Crippen molar-refractivity contribution in [3.63, 3.8) is 0 Å². The van der Waals surface area contributed by atoms with Gasteiger partial charge in [0.15, 0.2) is 0 Å². The van der Waals surface area contributed by atoms with Gasteiger partial charge in [-0.25, -0.2) is 0 Å². The van der Waals surface area contributed by atoms with Crippen LogP contribution in [0.2, 0.25) is 0 Å². The average molecular weight is 283 g/mol. The predicted molar refractivity (Wildman–Crippen MR) is 77.8 cm³/mol. The fraction of sp³-hybridized carbons (Fsp3) is 1.00. The number of ether oxygens (including phenoxy) is 2. The summed E-state index contributed by atoms with van der Waals surface area (Å²) in [6.45, 7) is 4.21. The second-order valence-corrected chi connectivity index (χ2v) is 6.69. The maximum atomic E-state index is 9.07. The van der Waals surface area contributed by atoms with Gasteiger partial charge in [0, 0.05) is 38.5 Å². The van der Waals surface area contributed by atoms with E-state index in [4.69, 9.17) is 14.6 Å². The van der Waals surface area contributed by atoms with Crippen LogP contribution < -0.4 is 0 Å². The van der Waals surface area contributed by atoms with E-state index in [9.17, 15) is 0 Å². The molecule has 3 rings (SSSR count). The van der Waals surface area contributed by atoms with Gasteiger partial charge in [-0.3, -0.25) is 4.90 Å². The molecule has 0 aromatic carbocycles. The van der Waals surface area contributed by atoms with Gasteiger partial charge in [0.25, 0.3) is 0 Å². The highest BCUT2D eigenvalue weighted by Gasteiger charge is 2.42. The van der Waals surface area contributed by atoms with Crippen molar-refractivity contribution in [3.8, 4) is 0 Å². The van der Waals surface area contributed by atoms with Crippen LogP contribution in [0.4, 0.5) is 0 Å². The van der Waals surface area contributed by atoms with Crippen molar-refractivity contribution >= 4 is 0 Å². The summed E-state index contributed by atoms with van der Waals surface area (Å²) in [6, 6.07) is 1.38. The Bertz CT molecular complexity index is 299. The maximum absolute atomic E-state index is 9.07. The summed E-state index contributed by atoms with van der Waals surface area (Å²) in [7, 11) is 0. The minimum absolute atomic E-state index is 0.102. The Balaban J connectivity index is 1.60. The Morgan fingerprint density at radius 1 is 1.15 bits per heavy atom. The smallest absolute Gasteiger partial charge is 0.0741 e. The molecule has 116 valence electrons. The fourth-order valence-corrected chi connectivity index (χ4v) is 4.35. The van der Waals surface area contributed by atoms with Gasteiger partial charge in [-0.15, -0.1) is 0 Å². The number of rotatable bonds is 4. The Morgan fingerprint density at radius 3 is 2.80 bits per heavy atom. The zero-order chi connectivity index (χ0) is 13.8. The van der Waals surface area contributed by atoms with Crippen molar-refractivity contribution in [3.05, 3.63) is 0 Å². The summed E-state index contributed by atoms with van der Waals surface area (Å²) < 4.78 is 11.7. The van der Waals surface area contributed by atoms with Crippen LogP contribution in [0.1, 0.15) is 51.4 Å². The lowest BCUT2D eigenvalue weighted by molar-refractivity contribution is -0.152. The molecule has 2 unspecified atom stereocenters. The van der Waals surface area contributed by atoms with Crippen molar-refractivity contribution in [1.82, 2.24) is 4.90 Å². The maximum Gasteiger partial charge on any atom is 0.0741 e. The van der Waals surface area contributed by atoms with E-state index in [0.29, 0.717) is 18.7 Å². The van der Waals surface area contributed by atoms with E-state index in [1.807, 2.05) is 0 Å². The molecule has 0 amide bonds. The van der Waals surface area contributed by atoms with Crippen LogP contribution >= 0.6 is 0 Å². The van der Waals surface area contributed by atoms with Crippen LogP contribution in [0.3, 0.4) is 0 Å². The molecule has 1 spiro atoms. The second-order valence-electron chi connectivity index (χ2n) is 6.69. The molecule has 3 saturated heterocycles. The van der Waals surface area contributed by atoms with Crippen LogP contribution in [0.25, 0.3) is 0 Å². The first kappa shape index (κ1) is 14.8. The summed E-state index contributed by atoms with van der Waals surface area (Å²) in [4.78, 5) is 2.73. The lowest BCUT2D eigenvalue weighted by Gasteiger charge is -2.47. The third-order valence-corrected chi connectivity index (χ3v) is 5.46. The van der Waals surface area contributed by atoms with Gasteiger partial charge in [0.1, 0.15) is 0 Å². The highest BCUT2D eigenvalue weighted by molar-refractivity contribution is 4.95. The number of aliphatic hydroxyl groups is 1. The standard InChI is InChI=1S/C16H29NO3/c18-9-2-4-14-3-1-8-17(14)15-5-10-20-16(13-15)6-11-19-12-7-16/h14-15,18H,1-13H2. The van der Waals surface area contributed by atoms with Gasteiger partial charge >= 0.3 is 0 Å². The molecule has 20 heavy (non-hydrogen) atoms. The Morgan fingerprint density at radius 2 is 2.00 bits per heavy atom. The molecule has 0 aromatic heterocycles. The first-order valence-electron chi connectivity index (χ1n) is 8.41. The molecule has 3 aliphatic heterocycles. The molecule has 0 aliphatic carbocycles. The van der Waals surface area contributed by atoms with E-state index in [1.165, 1.54) is 32.2 Å². The molecule has 1 N–H and O–H groups in total. The normalized spacial score (nSPS) is 34.6. The number of hydrogen-bond acceptors (Lipinski definition) is 4. The van der Waals surface area contributed by atoms with E-state index in [-0.39, 0.29) is 5.60 Å². The molecular weight excluding hydrogens is 254 g/mol. The second kappa shape index (κ2) is 6.73. The topological polar surface area (TPSA) is 41.9 Å². The zero-order valence-electron chi connectivity index (χ0n) is 12.6. The summed E-state index contributed by atoms with van der Waals surface area (Å²) in [6.07, 6.45) is 9.24. The van der Waals surface area contributed by atoms with Crippen molar-refractivity contribution in [2.24, 2.45) is 0 Å². The van der Waals surface area contributed by atoms with E-state index >= 15 is 0 Å². The number of hydrogen-bond donors (Lipinski definition) is 1. The highest BCUT2D eigenvalue weighted by atomic mass is 16.5. The van der Waals surface area contributed by atoms with E-state index < -0.39 is 0 Å². The van der Waals surface area contributed by atoms with Crippen molar-refractivity contribution in [2.75, 3.05) is 33.0 Å². The van der Waals surface area contributed by atoms with Gasteiger partial charge in [-0.1, -0.05) is 0 Å². The Kier molecular flexibility index (Phi) is 4.97. The van der Waals surface area contributed by atoms with Gasteiger partial charge < -0.3 is 14.6 Å². The zero-order valence-corrected chi connectivity index (χ0v) is 12.6. The van der Waals surface area contributed by atoms with Crippen LogP contribution in [0.5, 0.6) is 0 Å². The van der Waals surface area contributed by atoms with E-state index in [0.717, 1.165) is 45.5 Å². The van der Waals surface area contributed by atoms with E-state index in [2.05, 4.69) is 4.90 Å². The van der Waals surface area contributed by atoms with Gasteiger partial charge in [-0.05, 0) is 57.9 Å². The quantitative estimate of drug-likeness (QED) is 0.856. The number of nitrogens with zero attached hydrogens (tertiary/aromatic N) is 1. The average Bonchev–Trinajstić information content (AvgIpc) is 2.94. The first-order chi connectivity index (χ1) is 9.83. The van der Waals surface area contributed by atoms with Gasteiger partial charge in [0.05, 0.1) is 5.60 Å². The molecule has 3 fully saturated rings.